The minimum Gasteiger partial charge on any atom is -0.358 e. The molecule has 38 valence electrons. The maximum absolute atomic E-state index is 9.91. The van der Waals surface area contributed by atoms with Gasteiger partial charge in [0.2, 0.25) is 0 Å². The Hall–Kier alpha value is 0.0600. The molecule has 1 atom stereocenters. The van der Waals surface area contributed by atoms with Gasteiger partial charge in [0.15, 0.2) is 5.78 Å². The van der Waals surface area contributed by atoms with Crippen LogP contribution in [0.2, 0.25) is 0 Å². The van der Waals surface area contributed by atoms with E-state index in [0.29, 0.717) is 0 Å². The molecule has 0 rings (SSSR count). The predicted octanol–water partition coefficient (Wildman–Crippen LogP) is 0.628. The molecular formula is C3H9O2P. The van der Waals surface area contributed by atoms with Crippen LogP contribution in [0.4, 0.5) is 0 Å². The Bertz CT molecular complexity index is 56.9. The van der Waals surface area contributed by atoms with Crippen molar-refractivity contribution in [2.45, 2.75) is 6.92 Å². The maximum Gasteiger partial charge on any atom is 0.155 e. The van der Waals surface area contributed by atoms with Crippen LogP contribution in [0.3, 0.4) is 0 Å². The first-order valence-corrected chi connectivity index (χ1v) is 2.05. The number of carbonyl (C=O) groups excluding carboxylic acids is 1. The van der Waals surface area contributed by atoms with Crippen molar-refractivity contribution in [2.24, 2.45) is 0 Å². The van der Waals surface area contributed by atoms with Gasteiger partial charge in [0, 0.05) is 10.9 Å². The maximum atomic E-state index is 9.91. The average Bonchev–Trinajstić information content (AvgIpc) is 1.35. The monoisotopic (exact) mass is 110 g/mol. The zero-order chi connectivity index (χ0) is 4.99. The fourth-order valence-corrected chi connectivity index (χ4v) is 0.352. The lowest BCUT2D eigenvalue weighted by Crippen LogP contribution is -1.95. The molecule has 6 heavy (non-hydrogen) atoms. The normalized spacial score (nSPS) is 8.33. The molecule has 0 aromatic carbocycles. The number of ketones is 1. The van der Waals surface area contributed by atoms with Gasteiger partial charge in [-0.2, -0.15) is 0 Å². The van der Waals surface area contributed by atoms with Gasteiger partial charge in [0.25, 0.3) is 0 Å². The highest BCUT2D eigenvalue weighted by molar-refractivity contribution is 7.09. The fraction of sp³-hybridized carbons (Fsp3) is 0.667. The van der Waals surface area contributed by atoms with E-state index in [2.05, 4.69) is 4.52 Å². The summed E-state index contributed by atoms with van der Waals surface area (Å²) in [7, 11) is 2.00. The van der Waals surface area contributed by atoms with Gasteiger partial charge < -0.3 is 4.52 Å². The van der Waals surface area contributed by atoms with Gasteiger partial charge in [-0.1, -0.05) is 0 Å². The van der Waals surface area contributed by atoms with Crippen molar-refractivity contribution in [1.29, 1.82) is 0 Å². The molecule has 3 heteroatoms. The van der Waals surface area contributed by atoms with Gasteiger partial charge in [-0.15, -0.1) is 0 Å². The Labute approximate surface area is 40.6 Å². The van der Waals surface area contributed by atoms with Crippen LogP contribution >= 0.6 is 9.47 Å². The summed E-state index contributed by atoms with van der Waals surface area (Å²) in [6.45, 7) is 1.68. The van der Waals surface area contributed by atoms with Crippen molar-refractivity contribution in [1.82, 2.24) is 0 Å². The lowest BCUT2D eigenvalue weighted by Gasteiger charge is -1.84. The van der Waals surface area contributed by atoms with E-state index in [1.54, 1.807) is 0 Å². The molecule has 0 bridgehead atoms. The largest absolute Gasteiger partial charge is 0.358 e. The van der Waals surface area contributed by atoms with Gasteiger partial charge in [-0.25, -0.2) is 0 Å². The molecule has 0 aliphatic carbocycles. The van der Waals surface area contributed by atoms with Crippen molar-refractivity contribution < 1.29 is 10.7 Å². The second-order valence-electron chi connectivity index (χ2n) is 1.01. The van der Waals surface area contributed by atoms with Crippen molar-refractivity contribution in [3.63, 3.8) is 0 Å². The van der Waals surface area contributed by atoms with E-state index >= 15 is 0 Å². The van der Waals surface area contributed by atoms with Crippen LogP contribution in [0.25, 0.3) is 0 Å². The van der Waals surface area contributed by atoms with E-state index in [1.165, 1.54) is 6.92 Å². The third-order valence-corrected chi connectivity index (χ3v) is 0.453. The summed E-state index contributed by atoms with van der Waals surface area (Å²) in [6.07, 6.45) is 0. The summed E-state index contributed by atoms with van der Waals surface area (Å²) in [6, 6.07) is 0. The number of carbonyl (C=O) groups is 1. The molecule has 0 aliphatic heterocycles. The number of Topliss-reactive ketones (excluding diaryl/α,β-unsaturated/α-hetero) is 1. The molecule has 1 unspecified atom stereocenters. The zero-order valence-electron chi connectivity index (χ0n) is 3.60. The summed E-state index contributed by atoms with van der Waals surface area (Å²) in [4.78, 5) is 9.91. The lowest BCUT2D eigenvalue weighted by molar-refractivity contribution is -0.118. The van der Waals surface area contributed by atoms with Gasteiger partial charge in [0.1, 0.15) is 6.61 Å². The predicted molar refractivity (Wildman–Crippen MR) is 28.5 cm³/mol. The third kappa shape index (κ3) is 4.06. The van der Waals surface area contributed by atoms with Crippen LogP contribution in [0.15, 0.2) is 0 Å². The molecule has 2 nitrogen and oxygen atoms in total. The van der Waals surface area contributed by atoms with Gasteiger partial charge >= 0.3 is 0 Å². The highest BCUT2D eigenvalue weighted by atomic mass is 31.0. The minimum atomic E-state index is 0. The molecule has 0 aromatic heterocycles. The Balaban J connectivity index is 0. The molecule has 0 radical (unpaired) electrons. The number of hydrogen-bond donors (Lipinski definition) is 0. The molecular weight excluding hydrogens is 99.0 g/mol. The fourth-order valence-electron chi connectivity index (χ4n) is 0.117. The summed E-state index contributed by atoms with van der Waals surface area (Å²) in [5.41, 5.74) is 0. The lowest BCUT2D eigenvalue weighted by atomic mass is 10.5. The summed E-state index contributed by atoms with van der Waals surface area (Å²) >= 11 is 0. The molecule has 0 amide bonds. The standard InChI is InChI=1S/C3H7O2P.H2/c1-3(4)2-5-6;/h2,6H2,1H3;1H/i;1+2. The van der Waals surface area contributed by atoms with Crippen LogP contribution in [0, 0.1) is 0 Å². The molecule has 0 spiro atoms. The van der Waals surface area contributed by atoms with Crippen molar-refractivity contribution in [3.05, 3.63) is 0 Å². The number of rotatable bonds is 2. The van der Waals surface area contributed by atoms with E-state index in [-0.39, 0.29) is 13.8 Å². The van der Waals surface area contributed by atoms with Crippen LogP contribution < -0.4 is 0 Å². The average molecular weight is 110 g/mol. The Kier molecular flexibility index (Phi) is 3.29. The molecule has 0 aliphatic rings. The Morgan fingerprint density at radius 2 is 2.67 bits per heavy atom. The number of hydrogen-bond acceptors (Lipinski definition) is 2. The zero-order valence-corrected chi connectivity index (χ0v) is 4.76. The highest BCUT2D eigenvalue weighted by Crippen LogP contribution is 1.81. The van der Waals surface area contributed by atoms with Crippen molar-refractivity contribution >= 4 is 15.2 Å². The first-order valence-electron chi connectivity index (χ1n) is 1.58. The first kappa shape index (κ1) is 6.06. The van der Waals surface area contributed by atoms with E-state index in [4.69, 9.17) is 0 Å². The molecule has 0 aromatic rings. The molecule has 0 fully saturated rings. The van der Waals surface area contributed by atoms with Gasteiger partial charge in [-0.05, 0) is 6.92 Å². The van der Waals surface area contributed by atoms with Gasteiger partial charge in [-0.3, -0.25) is 4.79 Å². The van der Waals surface area contributed by atoms with Crippen LogP contribution in [-0.4, -0.2) is 12.4 Å². The SMILES string of the molecule is CC(=O)COP.[3HH]. The van der Waals surface area contributed by atoms with Crippen molar-refractivity contribution in [3.8, 4) is 0 Å². The van der Waals surface area contributed by atoms with Crippen LogP contribution in [0.5, 0.6) is 0 Å². The molecule has 0 saturated carbocycles. The van der Waals surface area contributed by atoms with E-state index in [0.717, 1.165) is 0 Å². The summed E-state index contributed by atoms with van der Waals surface area (Å²) < 4.78 is 4.37. The molecule has 0 heterocycles. The Morgan fingerprint density at radius 3 is 2.67 bits per heavy atom. The highest BCUT2D eigenvalue weighted by Gasteiger charge is 1.83. The second kappa shape index (κ2) is 3.26. The first-order chi connectivity index (χ1) is 2.77. The van der Waals surface area contributed by atoms with Crippen molar-refractivity contribution in [2.75, 3.05) is 6.61 Å². The minimum absolute atomic E-state index is 0. The molecule has 0 saturated heterocycles. The Morgan fingerprint density at radius 1 is 2.17 bits per heavy atom. The quantitative estimate of drug-likeness (QED) is 0.487. The summed E-state index contributed by atoms with van der Waals surface area (Å²) in [5, 5.41) is 0. The van der Waals surface area contributed by atoms with E-state index in [1.807, 2.05) is 9.47 Å². The topological polar surface area (TPSA) is 26.3 Å². The summed E-state index contributed by atoms with van der Waals surface area (Å²) in [5.74, 6) is 0.0463. The smallest absolute Gasteiger partial charge is 0.155 e. The third-order valence-electron chi connectivity index (χ3n) is 0.287. The van der Waals surface area contributed by atoms with Crippen LogP contribution in [0.1, 0.15) is 8.35 Å². The van der Waals surface area contributed by atoms with Gasteiger partial charge in [0.05, 0.1) is 0 Å². The second-order valence-corrected chi connectivity index (χ2v) is 1.35. The van der Waals surface area contributed by atoms with Crippen LogP contribution in [-0.2, 0) is 9.32 Å². The van der Waals surface area contributed by atoms with E-state index in [9.17, 15) is 4.79 Å². The molecule has 0 N–H and O–H groups in total. The van der Waals surface area contributed by atoms with E-state index < -0.39 is 0 Å².